The molecule has 0 aromatic carbocycles. The molecule has 1 saturated heterocycles. The summed E-state index contributed by atoms with van der Waals surface area (Å²) in [6.45, 7) is 0. The second kappa shape index (κ2) is 4.28. The van der Waals surface area contributed by atoms with Gasteiger partial charge in [0.15, 0.2) is 9.84 Å². The van der Waals surface area contributed by atoms with Crippen LogP contribution in [0.25, 0.3) is 0 Å². The summed E-state index contributed by atoms with van der Waals surface area (Å²) in [6.07, 6.45) is 5.48. The van der Waals surface area contributed by atoms with E-state index in [2.05, 4.69) is 9.97 Å². The SMILES string of the molecule is NC1CCCc2cnc(C3CCS(=O)(=O)C3)nc21. The molecule has 1 aliphatic carbocycles. The van der Waals surface area contributed by atoms with Gasteiger partial charge in [0, 0.05) is 18.2 Å². The van der Waals surface area contributed by atoms with Crippen molar-refractivity contribution in [2.45, 2.75) is 37.6 Å². The van der Waals surface area contributed by atoms with Crippen molar-refractivity contribution < 1.29 is 8.42 Å². The number of fused-ring (bicyclic) bond motifs is 1. The molecule has 0 spiro atoms. The molecule has 0 saturated carbocycles. The first-order chi connectivity index (χ1) is 8.55. The van der Waals surface area contributed by atoms with Gasteiger partial charge in [-0.05, 0) is 31.2 Å². The van der Waals surface area contributed by atoms with Crippen LogP contribution < -0.4 is 5.73 Å². The molecule has 5 nitrogen and oxygen atoms in total. The van der Waals surface area contributed by atoms with E-state index < -0.39 is 9.84 Å². The standard InChI is InChI=1S/C12H17N3O2S/c13-10-3-1-2-8-6-14-12(15-11(8)10)9-4-5-18(16,17)7-9/h6,9-10H,1-5,7,13H2. The van der Waals surface area contributed by atoms with Gasteiger partial charge in [0.05, 0.1) is 17.2 Å². The first-order valence-corrected chi connectivity index (χ1v) is 8.19. The van der Waals surface area contributed by atoms with E-state index in [9.17, 15) is 8.42 Å². The van der Waals surface area contributed by atoms with E-state index in [1.807, 2.05) is 6.20 Å². The third-order valence-electron chi connectivity index (χ3n) is 3.83. The van der Waals surface area contributed by atoms with Crippen LogP contribution in [0, 0.1) is 0 Å². The summed E-state index contributed by atoms with van der Waals surface area (Å²) in [4.78, 5) is 8.88. The summed E-state index contributed by atoms with van der Waals surface area (Å²) in [7, 11) is -2.89. The number of rotatable bonds is 1. The molecule has 2 N–H and O–H groups in total. The Kier molecular flexibility index (Phi) is 2.86. The summed E-state index contributed by atoms with van der Waals surface area (Å²) in [6, 6.07) is -0.0199. The molecule has 98 valence electrons. The third-order valence-corrected chi connectivity index (χ3v) is 5.59. The number of aromatic nitrogens is 2. The molecule has 1 aliphatic heterocycles. The van der Waals surface area contributed by atoms with Crippen LogP contribution in [-0.4, -0.2) is 29.9 Å². The van der Waals surface area contributed by atoms with E-state index in [1.165, 1.54) is 0 Å². The smallest absolute Gasteiger partial charge is 0.151 e. The summed E-state index contributed by atoms with van der Waals surface area (Å²) in [5.74, 6) is 1.05. The summed E-state index contributed by atoms with van der Waals surface area (Å²) >= 11 is 0. The molecule has 2 unspecified atom stereocenters. The van der Waals surface area contributed by atoms with Crippen molar-refractivity contribution in [3.8, 4) is 0 Å². The number of hydrogen-bond donors (Lipinski definition) is 1. The highest BCUT2D eigenvalue weighted by Gasteiger charge is 2.32. The monoisotopic (exact) mass is 267 g/mol. The molecule has 18 heavy (non-hydrogen) atoms. The fraction of sp³-hybridized carbons (Fsp3) is 0.667. The van der Waals surface area contributed by atoms with Crippen molar-refractivity contribution in [1.82, 2.24) is 9.97 Å². The molecule has 3 rings (SSSR count). The predicted molar refractivity (Wildman–Crippen MR) is 67.9 cm³/mol. The van der Waals surface area contributed by atoms with Gasteiger partial charge in [0.2, 0.25) is 0 Å². The van der Waals surface area contributed by atoms with Gasteiger partial charge in [-0.25, -0.2) is 18.4 Å². The van der Waals surface area contributed by atoms with Gasteiger partial charge < -0.3 is 5.73 Å². The molecular formula is C12H17N3O2S. The Morgan fingerprint density at radius 1 is 1.33 bits per heavy atom. The topological polar surface area (TPSA) is 85.9 Å². The third kappa shape index (κ3) is 2.14. The first kappa shape index (κ1) is 12.0. The molecule has 6 heteroatoms. The molecule has 1 aromatic rings. The largest absolute Gasteiger partial charge is 0.323 e. The highest BCUT2D eigenvalue weighted by Crippen LogP contribution is 2.30. The quantitative estimate of drug-likeness (QED) is 0.810. The summed E-state index contributed by atoms with van der Waals surface area (Å²) in [5, 5.41) is 0. The molecule has 1 fully saturated rings. The highest BCUT2D eigenvalue weighted by molar-refractivity contribution is 7.91. The molecule has 0 amide bonds. The highest BCUT2D eigenvalue weighted by atomic mass is 32.2. The minimum absolute atomic E-state index is 0.0199. The molecule has 2 atom stereocenters. The lowest BCUT2D eigenvalue weighted by atomic mass is 9.93. The van der Waals surface area contributed by atoms with Crippen molar-refractivity contribution >= 4 is 9.84 Å². The van der Waals surface area contributed by atoms with Gasteiger partial charge in [0.25, 0.3) is 0 Å². The van der Waals surface area contributed by atoms with Gasteiger partial charge in [-0.1, -0.05) is 0 Å². The van der Waals surface area contributed by atoms with Crippen molar-refractivity contribution in [3.05, 3.63) is 23.3 Å². The van der Waals surface area contributed by atoms with E-state index in [1.54, 1.807) is 0 Å². The van der Waals surface area contributed by atoms with Gasteiger partial charge in [-0.3, -0.25) is 0 Å². The zero-order valence-electron chi connectivity index (χ0n) is 10.2. The second-order valence-electron chi connectivity index (χ2n) is 5.24. The molecule has 0 bridgehead atoms. The van der Waals surface area contributed by atoms with Gasteiger partial charge in [-0.15, -0.1) is 0 Å². The Balaban J connectivity index is 1.93. The number of nitrogens with zero attached hydrogens (tertiary/aromatic N) is 2. The van der Waals surface area contributed by atoms with Crippen molar-refractivity contribution in [3.63, 3.8) is 0 Å². The summed E-state index contributed by atoms with van der Waals surface area (Å²) in [5.41, 5.74) is 8.11. The molecule has 0 radical (unpaired) electrons. The second-order valence-corrected chi connectivity index (χ2v) is 7.47. The number of aryl methyl sites for hydroxylation is 1. The Labute approximate surface area is 107 Å². The van der Waals surface area contributed by atoms with Crippen LogP contribution in [0.4, 0.5) is 0 Å². The van der Waals surface area contributed by atoms with E-state index >= 15 is 0 Å². The van der Waals surface area contributed by atoms with Gasteiger partial charge >= 0.3 is 0 Å². The fourth-order valence-electron chi connectivity index (χ4n) is 2.79. The Morgan fingerprint density at radius 2 is 2.17 bits per heavy atom. The normalized spacial score (nSPS) is 30.1. The fourth-order valence-corrected chi connectivity index (χ4v) is 4.53. The van der Waals surface area contributed by atoms with Crippen LogP contribution >= 0.6 is 0 Å². The van der Waals surface area contributed by atoms with Crippen LogP contribution in [0.15, 0.2) is 6.20 Å². The molecule has 1 aromatic heterocycles. The van der Waals surface area contributed by atoms with Crippen LogP contribution in [-0.2, 0) is 16.3 Å². The van der Waals surface area contributed by atoms with Crippen molar-refractivity contribution in [1.29, 1.82) is 0 Å². The van der Waals surface area contributed by atoms with Crippen LogP contribution in [0.3, 0.4) is 0 Å². The predicted octanol–water partition coefficient (Wildman–Crippen LogP) is 0.715. The lowest BCUT2D eigenvalue weighted by Crippen LogP contribution is -2.21. The Hall–Kier alpha value is -1.01. The van der Waals surface area contributed by atoms with Crippen LogP contribution in [0.1, 0.15) is 48.3 Å². The van der Waals surface area contributed by atoms with Crippen molar-refractivity contribution in [2.24, 2.45) is 5.73 Å². The molecular weight excluding hydrogens is 250 g/mol. The zero-order valence-corrected chi connectivity index (χ0v) is 11.0. The Morgan fingerprint density at radius 3 is 2.89 bits per heavy atom. The number of nitrogens with two attached hydrogens (primary N) is 1. The van der Waals surface area contributed by atoms with Gasteiger partial charge in [-0.2, -0.15) is 0 Å². The average molecular weight is 267 g/mol. The van der Waals surface area contributed by atoms with Crippen molar-refractivity contribution in [2.75, 3.05) is 11.5 Å². The lowest BCUT2D eigenvalue weighted by molar-refractivity contribution is 0.541. The first-order valence-electron chi connectivity index (χ1n) is 6.37. The minimum Gasteiger partial charge on any atom is -0.323 e. The Bertz CT molecular complexity index is 571. The maximum atomic E-state index is 11.5. The van der Waals surface area contributed by atoms with E-state index in [0.29, 0.717) is 12.2 Å². The van der Waals surface area contributed by atoms with E-state index in [-0.39, 0.29) is 23.5 Å². The number of hydrogen-bond acceptors (Lipinski definition) is 5. The lowest BCUT2D eigenvalue weighted by Gasteiger charge is -2.21. The maximum Gasteiger partial charge on any atom is 0.151 e. The summed E-state index contributed by atoms with van der Waals surface area (Å²) < 4.78 is 23.0. The van der Waals surface area contributed by atoms with E-state index in [0.717, 1.165) is 30.5 Å². The number of sulfone groups is 1. The van der Waals surface area contributed by atoms with Crippen LogP contribution in [0.2, 0.25) is 0 Å². The molecule has 2 aliphatic rings. The average Bonchev–Trinajstić information content (AvgIpc) is 2.70. The zero-order chi connectivity index (χ0) is 12.8. The minimum atomic E-state index is -2.89. The van der Waals surface area contributed by atoms with Gasteiger partial charge in [0.1, 0.15) is 5.82 Å². The molecule has 2 heterocycles. The van der Waals surface area contributed by atoms with E-state index in [4.69, 9.17) is 5.73 Å². The maximum absolute atomic E-state index is 11.5. The van der Waals surface area contributed by atoms with Crippen LogP contribution in [0.5, 0.6) is 0 Å².